The molecule has 0 heterocycles. The third-order valence-electron chi connectivity index (χ3n) is 2.24. The van der Waals surface area contributed by atoms with Gasteiger partial charge in [-0.25, -0.2) is 0 Å². The molecule has 2 rings (SSSR count). The Morgan fingerprint density at radius 3 is 2.67 bits per heavy atom. The summed E-state index contributed by atoms with van der Waals surface area (Å²) in [5.41, 5.74) is 1.60. The van der Waals surface area contributed by atoms with Crippen LogP contribution in [0.15, 0.2) is 42.5 Å². The van der Waals surface area contributed by atoms with Gasteiger partial charge in [0, 0.05) is 11.1 Å². The minimum absolute atomic E-state index is 0.246. The van der Waals surface area contributed by atoms with Gasteiger partial charge in [0.15, 0.2) is 0 Å². The Morgan fingerprint density at radius 1 is 1.13 bits per heavy atom. The van der Waals surface area contributed by atoms with Crippen molar-refractivity contribution in [2.24, 2.45) is 0 Å². The molecule has 0 aliphatic carbocycles. The van der Waals surface area contributed by atoms with Crippen molar-refractivity contribution in [2.75, 3.05) is 7.11 Å². The van der Waals surface area contributed by atoms with E-state index in [1.165, 1.54) is 0 Å². The lowest BCUT2D eigenvalue weighted by Crippen LogP contribution is -1.87. The lowest BCUT2D eigenvalue weighted by atomic mass is 10.0. The van der Waals surface area contributed by atoms with Crippen molar-refractivity contribution in [1.82, 2.24) is 0 Å². The summed E-state index contributed by atoms with van der Waals surface area (Å²) in [6, 6.07) is 15.5. The van der Waals surface area contributed by atoms with Gasteiger partial charge in [-0.15, -0.1) is 0 Å². The van der Waals surface area contributed by atoms with Crippen LogP contribution < -0.4 is 4.74 Å². The van der Waals surface area contributed by atoms with E-state index in [-0.39, 0.29) is 5.75 Å². The summed E-state index contributed by atoms with van der Waals surface area (Å²) < 4.78 is 5.22. The van der Waals surface area contributed by atoms with Gasteiger partial charge in [0.1, 0.15) is 11.5 Å². The predicted molar refractivity (Wildman–Crippen MR) is 58.9 cm³/mol. The summed E-state index contributed by atoms with van der Waals surface area (Å²) in [6.45, 7) is 0. The van der Waals surface area contributed by atoms with Gasteiger partial charge in [-0.1, -0.05) is 24.3 Å². The van der Waals surface area contributed by atoms with Gasteiger partial charge in [-0.3, -0.25) is 0 Å². The molecule has 0 amide bonds. The van der Waals surface area contributed by atoms with Crippen LogP contribution in [0.1, 0.15) is 0 Å². The van der Waals surface area contributed by atoms with E-state index in [0.29, 0.717) is 0 Å². The van der Waals surface area contributed by atoms with Crippen LogP contribution in [0.4, 0.5) is 0 Å². The second kappa shape index (κ2) is 4.05. The first-order valence-electron chi connectivity index (χ1n) is 4.65. The minimum Gasteiger partial charge on any atom is -0.507 e. The number of phenolic OH excluding ortho intramolecular Hbond substituents is 1. The van der Waals surface area contributed by atoms with Crippen LogP contribution in [-0.4, -0.2) is 12.2 Å². The SMILES string of the molecule is COc1cc[c]cc1-c1ccccc1O. The highest BCUT2D eigenvalue weighted by Crippen LogP contribution is 2.34. The van der Waals surface area contributed by atoms with Gasteiger partial charge in [0.2, 0.25) is 0 Å². The van der Waals surface area contributed by atoms with Crippen LogP contribution in [0.2, 0.25) is 0 Å². The lowest BCUT2D eigenvalue weighted by Gasteiger charge is -2.09. The molecule has 0 aliphatic heterocycles. The van der Waals surface area contributed by atoms with Crippen molar-refractivity contribution < 1.29 is 9.84 Å². The smallest absolute Gasteiger partial charge is 0.126 e. The number of para-hydroxylation sites is 1. The van der Waals surface area contributed by atoms with Crippen LogP contribution in [0.25, 0.3) is 11.1 Å². The van der Waals surface area contributed by atoms with Crippen LogP contribution in [0.3, 0.4) is 0 Å². The molecule has 2 aromatic carbocycles. The second-order valence-corrected chi connectivity index (χ2v) is 3.14. The Kier molecular flexibility index (Phi) is 2.59. The van der Waals surface area contributed by atoms with E-state index < -0.39 is 0 Å². The van der Waals surface area contributed by atoms with Crippen molar-refractivity contribution in [3.8, 4) is 22.6 Å². The Labute approximate surface area is 88.8 Å². The Balaban J connectivity index is 2.59. The van der Waals surface area contributed by atoms with Crippen molar-refractivity contribution in [1.29, 1.82) is 0 Å². The van der Waals surface area contributed by atoms with Crippen LogP contribution in [0.5, 0.6) is 11.5 Å². The van der Waals surface area contributed by atoms with Crippen LogP contribution in [-0.2, 0) is 0 Å². The molecule has 0 saturated heterocycles. The van der Waals surface area contributed by atoms with E-state index in [2.05, 4.69) is 6.07 Å². The van der Waals surface area contributed by atoms with E-state index in [1.54, 1.807) is 31.4 Å². The fourth-order valence-electron chi connectivity index (χ4n) is 1.51. The van der Waals surface area contributed by atoms with E-state index in [4.69, 9.17) is 4.74 Å². The third kappa shape index (κ3) is 1.79. The fourth-order valence-corrected chi connectivity index (χ4v) is 1.51. The van der Waals surface area contributed by atoms with Gasteiger partial charge in [0.25, 0.3) is 0 Å². The Morgan fingerprint density at radius 2 is 1.93 bits per heavy atom. The quantitative estimate of drug-likeness (QED) is 0.805. The maximum atomic E-state index is 9.71. The number of benzene rings is 2. The van der Waals surface area contributed by atoms with Crippen molar-refractivity contribution in [3.05, 3.63) is 48.5 Å². The largest absolute Gasteiger partial charge is 0.507 e. The average molecular weight is 199 g/mol. The molecule has 0 aromatic heterocycles. The molecule has 0 unspecified atom stereocenters. The van der Waals surface area contributed by atoms with E-state index in [0.717, 1.165) is 16.9 Å². The fraction of sp³-hybridized carbons (Fsp3) is 0.0769. The van der Waals surface area contributed by atoms with E-state index >= 15 is 0 Å². The molecule has 0 atom stereocenters. The number of phenols is 1. The summed E-state index contributed by atoms with van der Waals surface area (Å²) in [7, 11) is 1.61. The van der Waals surface area contributed by atoms with Gasteiger partial charge >= 0.3 is 0 Å². The lowest BCUT2D eigenvalue weighted by molar-refractivity contribution is 0.415. The first-order valence-corrected chi connectivity index (χ1v) is 4.65. The number of rotatable bonds is 2. The van der Waals surface area contributed by atoms with Crippen LogP contribution >= 0.6 is 0 Å². The summed E-state index contributed by atoms with van der Waals surface area (Å²) in [6.07, 6.45) is 0. The summed E-state index contributed by atoms with van der Waals surface area (Å²) >= 11 is 0. The minimum atomic E-state index is 0.246. The van der Waals surface area contributed by atoms with Crippen LogP contribution in [0, 0.1) is 6.07 Å². The van der Waals surface area contributed by atoms with Crippen molar-refractivity contribution in [3.63, 3.8) is 0 Å². The predicted octanol–water partition coefficient (Wildman–Crippen LogP) is 2.87. The van der Waals surface area contributed by atoms with E-state index in [9.17, 15) is 5.11 Å². The van der Waals surface area contributed by atoms with Gasteiger partial charge < -0.3 is 9.84 Å². The van der Waals surface area contributed by atoms with Gasteiger partial charge in [0.05, 0.1) is 7.11 Å². The monoisotopic (exact) mass is 199 g/mol. The van der Waals surface area contributed by atoms with Crippen molar-refractivity contribution >= 4 is 0 Å². The standard InChI is InChI=1S/C13H11O2/c1-15-13-9-5-3-7-11(13)10-6-2-4-8-12(10)14/h2,4-9,14H,1H3. The molecule has 75 valence electrons. The van der Waals surface area contributed by atoms with Gasteiger partial charge in [-0.2, -0.15) is 0 Å². The highest BCUT2D eigenvalue weighted by atomic mass is 16.5. The molecule has 1 radical (unpaired) electrons. The molecule has 1 N–H and O–H groups in total. The number of aromatic hydroxyl groups is 1. The first kappa shape index (κ1) is 9.59. The Hall–Kier alpha value is -1.96. The zero-order valence-corrected chi connectivity index (χ0v) is 8.40. The maximum Gasteiger partial charge on any atom is 0.126 e. The molecule has 0 bridgehead atoms. The van der Waals surface area contributed by atoms with E-state index in [1.807, 2.05) is 18.2 Å². The summed E-state index contributed by atoms with van der Waals surface area (Å²) in [5, 5.41) is 9.71. The molecule has 0 spiro atoms. The second-order valence-electron chi connectivity index (χ2n) is 3.14. The zero-order chi connectivity index (χ0) is 10.7. The molecule has 2 nitrogen and oxygen atoms in total. The molecular formula is C13H11O2. The molecule has 0 aliphatic rings. The topological polar surface area (TPSA) is 29.5 Å². The summed E-state index contributed by atoms with van der Waals surface area (Å²) in [4.78, 5) is 0. The van der Waals surface area contributed by atoms with Gasteiger partial charge in [-0.05, 0) is 24.3 Å². The molecule has 2 aromatic rings. The van der Waals surface area contributed by atoms with Crippen molar-refractivity contribution in [2.45, 2.75) is 0 Å². The normalized spacial score (nSPS) is 9.93. The maximum absolute atomic E-state index is 9.71. The zero-order valence-electron chi connectivity index (χ0n) is 8.40. The average Bonchev–Trinajstić information content (AvgIpc) is 2.30. The molecule has 0 saturated carbocycles. The number of ether oxygens (including phenoxy) is 1. The highest BCUT2D eigenvalue weighted by Gasteiger charge is 2.07. The highest BCUT2D eigenvalue weighted by molar-refractivity contribution is 5.75. The summed E-state index contributed by atoms with van der Waals surface area (Å²) in [5.74, 6) is 0.977. The first-order chi connectivity index (χ1) is 7.33. The molecule has 15 heavy (non-hydrogen) atoms. The molecular weight excluding hydrogens is 188 g/mol. The number of methoxy groups -OCH3 is 1. The Bertz CT molecular complexity index is 464. The third-order valence-corrected chi connectivity index (χ3v) is 2.24. The molecule has 2 heteroatoms. The molecule has 0 fully saturated rings. The number of hydrogen-bond acceptors (Lipinski definition) is 2. The number of hydrogen-bond donors (Lipinski definition) is 1.